The SMILES string of the molecule is CCN1CCN(CCNC(=O)CCc2ccc3n2B(F)/N=C(C)/C=C(C)\C(C)=C\3)CC1. The fourth-order valence-corrected chi connectivity index (χ4v) is 4.13. The number of carbonyl (C=O) groups excluding carboxylic acids is 1. The van der Waals surface area contributed by atoms with E-state index in [2.05, 4.69) is 26.9 Å². The first kappa shape index (κ1) is 23.5. The van der Waals surface area contributed by atoms with Crippen LogP contribution >= 0.6 is 0 Å². The second-order valence-corrected chi connectivity index (χ2v) is 8.48. The number of amides is 1. The lowest BCUT2D eigenvalue weighted by atomic mass is 10.0. The van der Waals surface area contributed by atoms with Gasteiger partial charge in [-0.25, -0.2) is 0 Å². The fourth-order valence-electron chi connectivity index (χ4n) is 4.13. The lowest BCUT2D eigenvalue weighted by Gasteiger charge is -2.33. The summed E-state index contributed by atoms with van der Waals surface area (Å²) in [6.45, 7) is 15.0. The summed E-state index contributed by atoms with van der Waals surface area (Å²) in [5.41, 5.74) is 4.36. The van der Waals surface area contributed by atoms with Crippen LogP contribution in [0.5, 0.6) is 0 Å². The smallest absolute Gasteiger partial charge is 0.355 e. The molecule has 0 radical (unpaired) electrons. The Kier molecular flexibility index (Phi) is 8.26. The number of carbonyl (C=O) groups is 1. The summed E-state index contributed by atoms with van der Waals surface area (Å²) in [5, 5.41) is 3.02. The van der Waals surface area contributed by atoms with Crippen molar-refractivity contribution in [2.24, 2.45) is 4.90 Å². The molecular weight excluding hydrogens is 392 g/mol. The maximum absolute atomic E-state index is 15.0. The van der Waals surface area contributed by atoms with Crippen LogP contribution in [0.3, 0.4) is 0 Å². The molecule has 1 aromatic heterocycles. The highest BCUT2D eigenvalue weighted by molar-refractivity contribution is 6.50. The van der Waals surface area contributed by atoms with Crippen molar-refractivity contribution in [2.75, 3.05) is 45.8 Å². The van der Waals surface area contributed by atoms with Crippen molar-refractivity contribution < 1.29 is 9.11 Å². The molecular formula is C23H35BFN5O. The van der Waals surface area contributed by atoms with E-state index < -0.39 is 7.26 Å². The van der Waals surface area contributed by atoms with Crippen molar-refractivity contribution in [1.29, 1.82) is 0 Å². The van der Waals surface area contributed by atoms with Crippen LogP contribution in [0, 0.1) is 0 Å². The summed E-state index contributed by atoms with van der Waals surface area (Å²) < 4.78 is 16.6. The molecule has 31 heavy (non-hydrogen) atoms. The summed E-state index contributed by atoms with van der Waals surface area (Å²) in [5.74, 6) is 0.00475. The molecule has 0 bridgehead atoms. The number of nitrogens with zero attached hydrogens (tertiary/aromatic N) is 4. The molecule has 1 fully saturated rings. The van der Waals surface area contributed by atoms with Crippen molar-refractivity contribution in [1.82, 2.24) is 19.6 Å². The molecule has 0 aliphatic carbocycles. The molecule has 0 saturated carbocycles. The van der Waals surface area contributed by atoms with Gasteiger partial charge in [0.05, 0.1) is 0 Å². The number of hydrogen-bond donors (Lipinski definition) is 1. The van der Waals surface area contributed by atoms with Gasteiger partial charge in [-0.3, -0.25) is 18.9 Å². The molecule has 1 saturated heterocycles. The molecule has 3 heterocycles. The van der Waals surface area contributed by atoms with E-state index in [4.69, 9.17) is 0 Å². The molecule has 0 aromatic carbocycles. The first-order valence-corrected chi connectivity index (χ1v) is 11.3. The average molecular weight is 427 g/mol. The van der Waals surface area contributed by atoms with Gasteiger partial charge in [-0.2, -0.15) is 0 Å². The van der Waals surface area contributed by atoms with Crippen LogP contribution in [0.15, 0.2) is 34.3 Å². The van der Waals surface area contributed by atoms with E-state index >= 15 is 0 Å². The van der Waals surface area contributed by atoms with E-state index in [9.17, 15) is 9.11 Å². The molecule has 1 amide bonds. The van der Waals surface area contributed by atoms with Gasteiger partial charge in [-0.05, 0) is 69.2 Å². The molecule has 0 atom stereocenters. The summed E-state index contributed by atoms with van der Waals surface area (Å²) in [6.07, 6.45) is 4.70. The highest BCUT2D eigenvalue weighted by atomic mass is 19.1. The number of nitrogens with one attached hydrogen (secondary N) is 1. The van der Waals surface area contributed by atoms with Crippen LogP contribution < -0.4 is 5.32 Å². The first-order valence-electron chi connectivity index (χ1n) is 11.3. The Bertz CT molecular complexity index is 867. The van der Waals surface area contributed by atoms with Crippen molar-refractivity contribution in [3.05, 3.63) is 40.7 Å². The normalized spacial score (nSPS) is 23.4. The second-order valence-electron chi connectivity index (χ2n) is 8.48. The maximum Gasteiger partial charge on any atom is 0.611 e. The molecule has 0 spiro atoms. The Morgan fingerprint density at radius 3 is 2.48 bits per heavy atom. The number of fused-ring (bicyclic) bond motifs is 1. The van der Waals surface area contributed by atoms with Crippen LogP contribution in [0.1, 0.15) is 45.5 Å². The van der Waals surface area contributed by atoms with Gasteiger partial charge in [0.15, 0.2) is 0 Å². The van der Waals surface area contributed by atoms with E-state index in [1.807, 2.05) is 45.1 Å². The molecule has 6 nitrogen and oxygen atoms in total. The molecule has 8 heteroatoms. The van der Waals surface area contributed by atoms with Crippen molar-refractivity contribution in [3.63, 3.8) is 0 Å². The number of hydrogen-bond acceptors (Lipinski definition) is 4. The van der Waals surface area contributed by atoms with Crippen LogP contribution in [-0.4, -0.2) is 79.0 Å². The van der Waals surface area contributed by atoms with Crippen LogP contribution in [0.2, 0.25) is 0 Å². The Hall–Kier alpha value is -2.19. The second kappa shape index (κ2) is 10.9. The summed E-state index contributed by atoms with van der Waals surface area (Å²) in [4.78, 5) is 21.4. The van der Waals surface area contributed by atoms with Gasteiger partial charge in [-0.15, -0.1) is 0 Å². The lowest BCUT2D eigenvalue weighted by Crippen LogP contribution is -2.48. The van der Waals surface area contributed by atoms with Crippen LogP contribution in [-0.2, 0) is 11.2 Å². The first-order chi connectivity index (χ1) is 14.9. The van der Waals surface area contributed by atoms with Gasteiger partial charge < -0.3 is 14.7 Å². The lowest BCUT2D eigenvalue weighted by molar-refractivity contribution is -0.121. The number of aryl methyl sites for hydroxylation is 1. The van der Waals surface area contributed by atoms with E-state index in [0.717, 1.165) is 61.8 Å². The number of halogens is 1. The van der Waals surface area contributed by atoms with E-state index in [1.54, 1.807) is 4.48 Å². The Morgan fingerprint density at radius 2 is 1.77 bits per heavy atom. The quantitative estimate of drug-likeness (QED) is 0.681. The van der Waals surface area contributed by atoms with E-state index in [-0.39, 0.29) is 5.91 Å². The van der Waals surface area contributed by atoms with E-state index in [0.29, 0.717) is 25.1 Å². The molecule has 2 aliphatic heterocycles. The Labute approximate surface area is 186 Å². The summed E-state index contributed by atoms with van der Waals surface area (Å²) in [6, 6.07) is 3.81. The minimum Gasteiger partial charge on any atom is -0.355 e. The zero-order valence-electron chi connectivity index (χ0n) is 19.3. The van der Waals surface area contributed by atoms with Crippen molar-refractivity contribution in [3.8, 4) is 0 Å². The average Bonchev–Trinajstić information content (AvgIpc) is 3.15. The standard InChI is InChI=1S/C23H35BFN5O/c1-5-28-12-14-29(15-13-28)11-10-26-23(31)9-8-21-6-7-22-17-19(3)18(2)16-20(4)27-24(25)30(21)22/h6-7,16-17H,5,8-15H2,1-4H3,(H,26,31)/b18-16-,19-17+,27-20+. The predicted octanol–water partition coefficient (Wildman–Crippen LogP) is 2.80. The zero-order valence-corrected chi connectivity index (χ0v) is 19.3. The molecule has 168 valence electrons. The number of likely N-dealkylation sites (N-methyl/N-ethyl adjacent to an activating group) is 1. The van der Waals surface area contributed by atoms with Gasteiger partial charge in [0.1, 0.15) is 0 Å². The summed E-state index contributed by atoms with van der Waals surface area (Å²) in [7, 11) is -1.49. The minimum atomic E-state index is -1.49. The molecule has 1 aromatic rings. The molecule has 0 unspecified atom stereocenters. The minimum absolute atomic E-state index is 0.00475. The number of allylic oxidation sites excluding steroid dienone is 3. The third-order valence-corrected chi connectivity index (χ3v) is 6.24. The fraction of sp³-hybridized carbons (Fsp3) is 0.565. The van der Waals surface area contributed by atoms with Crippen molar-refractivity contribution in [2.45, 2.75) is 40.5 Å². The Morgan fingerprint density at radius 1 is 1.10 bits per heavy atom. The van der Waals surface area contributed by atoms with Crippen molar-refractivity contribution >= 4 is 25.0 Å². The summed E-state index contributed by atoms with van der Waals surface area (Å²) >= 11 is 0. The number of piperazine rings is 1. The van der Waals surface area contributed by atoms with Gasteiger partial charge in [-0.1, -0.05) is 6.92 Å². The van der Waals surface area contributed by atoms with Gasteiger partial charge in [0.25, 0.3) is 0 Å². The molecule has 3 rings (SSSR count). The Balaban J connectivity index is 1.54. The predicted molar refractivity (Wildman–Crippen MR) is 127 cm³/mol. The van der Waals surface area contributed by atoms with E-state index in [1.165, 1.54) is 0 Å². The molecule has 2 aliphatic rings. The number of rotatable bonds is 7. The van der Waals surface area contributed by atoms with Gasteiger partial charge >= 0.3 is 7.26 Å². The maximum atomic E-state index is 15.0. The van der Waals surface area contributed by atoms with Gasteiger partial charge in [0.2, 0.25) is 5.91 Å². The third kappa shape index (κ3) is 6.40. The highest BCUT2D eigenvalue weighted by Crippen LogP contribution is 2.21. The zero-order chi connectivity index (χ0) is 22.4. The van der Waals surface area contributed by atoms with Crippen LogP contribution in [0.4, 0.5) is 4.32 Å². The largest absolute Gasteiger partial charge is 0.611 e. The monoisotopic (exact) mass is 427 g/mol. The number of aromatic nitrogens is 1. The topological polar surface area (TPSA) is 52.9 Å². The highest BCUT2D eigenvalue weighted by Gasteiger charge is 2.24. The van der Waals surface area contributed by atoms with Gasteiger partial charge in [0, 0.05) is 62.8 Å². The molecule has 1 N–H and O–H groups in total. The third-order valence-electron chi connectivity index (χ3n) is 6.24. The van der Waals surface area contributed by atoms with Crippen LogP contribution in [0.25, 0.3) is 6.08 Å².